The third kappa shape index (κ3) is 5.10. The highest BCUT2D eigenvalue weighted by Gasteiger charge is 2.28. The zero-order valence-electron chi connectivity index (χ0n) is 18.1. The first-order chi connectivity index (χ1) is 15.4. The van der Waals surface area contributed by atoms with Crippen molar-refractivity contribution >= 4 is 35.2 Å². The van der Waals surface area contributed by atoms with Gasteiger partial charge in [-0.05, 0) is 55.9 Å². The number of amides is 2. The van der Waals surface area contributed by atoms with Crippen LogP contribution in [0.25, 0.3) is 6.08 Å². The van der Waals surface area contributed by atoms with E-state index in [9.17, 15) is 14.4 Å². The third-order valence-electron chi connectivity index (χ3n) is 6.28. The Balaban J connectivity index is 1.51. The van der Waals surface area contributed by atoms with Gasteiger partial charge in [0.05, 0.1) is 17.4 Å². The molecule has 2 heterocycles. The maximum absolute atomic E-state index is 12.7. The maximum atomic E-state index is 12.7. The largest absolute Gasteiger partial charge is 0.342 e. The molecule has 2 fully saturated rings. The van der Waals surface area contributed by atoms with Crippen LogP contribution >= 0.6 is 11.6 Å². The van der Waals surface area contributed by atoms with E-state index in [0.717, 1.165) is 62.7 Å². The van der Waals surface area contributed by atoms with Gasteiger partial charge in [-0.15, -0.1) is 0 Å². The number of hydrogen-bond acceptors (Lipinski definition) is 4. The molecule has 1 aromatic carbocycles. The van der Waals surface area contributed by atoms with E-state index in [0.29, 0.717) is 16.6 Å². The van der Waals surface area contributed by atoms with Crippen LogP contribution < -0.4 is 10.9 Å². The lowest BCUT2D eigenvalue weighted by molar-refractivity contribution is -0.135. The number of piperidine rings is 1. The van der Waals surface area contributed by atoms with Crippen molar-refractivity contribution in [1.29, 1.82) is 0 Å². The lowest BCUT2D eigenvalue weighted by Crippen LogP contribution is -2.39. The highest BCUT2D eigenvalue weighted by Crippen LogP contribution is 2.31. The predicted octanol–water partition coefficient (Wildman–Crippen LogP) is 4.18. The van der Waals surface area contributed by atoms with Crippen molar-refractivity contribution in [1.82, 2.24) is 15.1 Å². The van der Waals surface area contributed by atoms with Gasteiger partial charge < -0.3 is 10.2 Å². The summed E-state index contributed by atoms with van der Waals surface area (Å²) in [6.07, 6.45) is 9.33. The van der Waals surface area contributed by atoms with Crippen molar-refractivity contribution < 1.29 is 9.59 Å². The van der Waals surface area contributed by atoms with Crippen molar-refractivity contribution in [3.05, 3.63) is 62.0 Å². The minimum atomic E-state index is -0.438. The number of anilines is 1. The molecule has 2 amide bonds. The quantitative estimate of drug-likeness (QED) is 0.724. The van der Waals surface area contributed by atoms with Gasteiger partial charge in [-0.3, -0.25) is 14.4 Å². The average Bonchev–Trinajstić information content (AvgIpc) is 3.31. The van der Waals surface area contributed by atoms with Gasteiger partial charge in [0.2, 0.25) is 5.91 Å². The number of rotatable bonds is 4. The summed E-state index contributed by atoms with van der Waals surface area (Å²) in [4.78, 5) is 38.9. The Morgan fingerprint density at radius 2 is 1.91 bits per heavy atom. The molecule has 1 saturated carbocycles. The van der Waals surface area contributed by atoms with E-state index in [1.807, 2.05) is 17.9 Å². The fourth-order valence-electron chi connectivity index (χ4n) is 4.55. The molecule has 0 bridgehead atoms. The number of nitrogens with one attached hydrogen (secondary N) is 2. The Morgan fingerprint density at radius 1 is 1.19 bits per heavy atom. The van der Waals surface area contributed by atoms with Crippen LogP contribution in [0.3, 0.4) is 0 Å². The topological polar surface area (TPSA) is 95.2 Å². The highest BCUT2D eigenvalue weighted by molar-refractivity contribution is 6.31. The Kier molecular flexibility index (Phi) is 6.74. The van der Waals surface area contributed by atoms with Crippen molar-refractivity contribution in [2.24, 2.45) is 5.92 Å². The Labute approximate surface area is 191 Å². The first-order valence-corrected chi connectivity index (χ1v) is 11.4. The zero-order chi connectivity index (χ0) is 22.7. The van der Waals surface area contributed by atoms with E-state index in [-0.39, 0.29) is 11.5 Å². The van der Waals surface area contributed by atoms with Crippen LogP contribution in [0.15, 0.2) is 34.8 Å². The van der Waals surface area contributed by atoms with Crippen LogP contribution in [0.4, 0.5) is 5.69 Å². The van der Waals surface area contributed by atoms with Crippen molar-refractivity contribution in [3.8, 4) is 0 Å². The smallest absolute Gasteiger partial charge is 0.264 e. The van der Waals surface area contributed by atoms with Gasteiger partial charge in [0.25, 0.3) is 11.5 Å². The van der Waals surface area contributed by atoms with Gasteiger partial charge in [0.15, 0.2) is 0 Å². The summed E-state index contributed by atoms with van der Waals surface area (Å²) in [5, 5.41) is 9.44. The second kappa shape index (κ2) is 9.69. The lowest BCUT2D eigenvalue weighted by Gasteiger charge is -2.30. The summed E-state index contributed by atoms with van der Waals surface area (Å²) in [6, 6.07) is 4.82. The van der Waals surface area contributed by atoms with Crippen LogP contribution in [0.2, 0.25) is 5.02 Å². The van der Waals surface area contributed by atoms with Crippen molar-refractivity contribution in [3.63, 3.8) is 0 Å². The fourth-order valence-corrected chi connectivity index (χ4v) is 4.83. The Hall–Kier alpha value is -2.93. The Morgan fingerprint density at radius 3 is 2.59 bits per heavy atom. The van der Waals surface area contributed by atoms with Crippen LogP contribution in [-0.4, -0.2) is 40.0 Å². The van der Waals surface area contributed by atoms with Crippen molar-refractivity contribution in [2.75, 3.05) is 18.4 Å². The van der Waals surface area contributed by atoms with E-state index in [1.54, 1.807) is 6.07 Å². The standard InChI is InChI=1S/C24H27ClN4O3/c1-15-10-20(25)12-18(22(15)27-23(31)19-13-21(30)28-26-14-19)11-16-6-8-29(9-7-16)24(32)17-4-2-3-5-17/h10-14,17H,2-9H2,1H3,(H,27,31)(H,28,30). The molecule has 0 radical (unpaired) electrons. The number of aryl methyl sites for hydroxylation is 1. The molecule has 1 aliphatic carbocycles. The summed E-state index contributed by atoms with van der Waals surface area (Å²) in [7, 11) is 0. The molecule has 1 saturated heterocycles. The molecule has 7 nitrogen and oxygen atoms in total. The molecule has 8 heteroatoms. The highest BCUT2D eigenvalue weighted by atomic mass is 35.5. The summed E-state index contributed by atoms with van der Waals surface area (Å²) in [5.41, 5.74) is 3.25. The normalized spacial score (nSPS) is 16.8. The second-order valence-electron chi connectivity index (χ2n) is 8.58. The van der Waals surface area contributed by atoms with Gasteiger partial charge in [-0.25, -0.2) is 5.10 Å². The lowest BCUT2D eigenvalue weighted by atomic mass is 9.97. The molecule has 4 rings (SSSR count). The first-order valence-electron chi connectivity index (χ1n) is 11.0. The number of nitrogens with zero attached hydrogens (tertiary/aromatic N) is 2. The molecular weight excluding hydrogens is 428 g/mol. The Bertz CT molecular complexity index is 1110. The number of halogens is 1. The number of H-pyrrole nitrogens is 1. The number of carbonyl (C=O) groups excluding carboxylic acids is 2. The molecule has 0 atom stereocenters. The van der Waals surface area contributed by atoms with Gasteiger partial charge in [-0.1, -0.05) is 36.1 Å². The summed E-state index contributed by atoms with van der Waals surface area (Å²) in [6.45, 7) is 3.32. The molecule has 1 aliphatic heterocycles. The van der Waals surface area contributed by atoms with E-state index in [4.69, 9.17) is 11.6 Å². The van der Waals surface area contributed by atoms with E-state index in [1.165, 1.54) is 17.8 Å². The number of aromatic nitrogens is 2. The summed E-state index contributed by atoms with van der Waals surface area (Å²) < 4.78 is 0. The molecule has 168 valence electrons. The summed E-state index contributed by atoms with van der Waals surface area (Å²) in [5.74, 6) is 0.0999. The predicted molar refractivity (Wildman–Crippen MR) is 125 cm³/mol. The minimum Gasteiger partial charge on any atom is -0.342 e. The summed E-state index contributed by atoms with van der Waals surface area (Å²) >= 11 is 6.30. The van der Waals surface area contributed by atoms with Gasteiger partial charge in [0, 0.05) is 30.1 Å². The van der Waals surface area contributed by atoms with Gasteiger partial charge in [0.1, 0.15) is 0 Å². The second-order valence-corrected chi connectivity index (χ2v) is 9.02. The van der Waals surface area contributed by atoms with Gasteiger partial charge in [-0.2, -0.15) is 5.10 Å². The van der Waals surface area contributed by atoms with Crippen molar-refractivity contribution in [2.45, 2.75) is 45.4 Å². The third-order valence-corrected chi connectivity index (χ3v) is 6.50. The molecule has 32 heavy (non-hydrogen) atoms. The SMILES string of the molecule is Cc1cc(Cl)cc(C=C2CCN(C(=O)C3CCCC3)CC2)c1NC(=O)c1cn[nH]c(=O)c1. The number of benzene rings is 1. The van der Waals surface area contributed by atoms with E-state index in [2.05, 4.69) is 21.6 Å². The van der Waals surface area contributed by atoms with Crippen LogP contribution in [0.5, 0.6) is 0 Å². The van der Waals surface area contributed by atoms with Crippen LogP contribution in [0.1, 0.15) is 60.0 Å². The number of carbonyl (C=O) groups is 2. The maximum Gasteiger partial charge on any atom is 0.264 e. The molecule has 2 aliphatic rings. The molecule has 2 N–H and O–H groups in total. The molecule has 2 aromatic rings. The van der Waals surface area contributed by atoms with Crippen LogP contribution in [-0.2, 0) is 4.79 Å². The van der Waals surface area contributed by atoms with Crippen LogP contribution in [0, 0.1) is 12.8 Å². The van der Waals surface area contributed by atoms with Gasteiger partial charge >= 0.3 is 0 Å². The first kappa shape index (κ1) is 22.3. The fraction of sp³-hybridized carbons (Fsp3) is 0.417. The number of hydrogen-bond donors (Lipinski definition) is 2. The monoisotopic (exact) mass is 454 g/mol. The zero-order valence-corrected chi connectivity index (χ0v) is 18.9. The molecular formula is C24H27ClN4O3. The average molecular weight is 455 g/mol. The number of likely N-dealkylation sites (tertiary alicyclic amines) is 1. The van der Waals surface area contributed by atoms with E-state index < -0.39 is 11.5 Å². The van der Waals surface area contributed by atoms with E-state index >= 15 is 0 Å². The molecule has 1 aromatic heterocycles. The molecule has 0 spiro atoms. The minimum absolute atomic E-state index is 0.181. The number of aromatic amines is 1. The molecule has 0 unspecified atom stereocenters.